The molecule has 2 atom stereocenters. The van der Waals surface area contributed by atoms with Gasteiger partial charge in [-0.05, 0) is 29.2 Å². The summed E-state index contributed by atoms with van der Waals surface area (Å²) in [6.45, 7) is 0.705. The number of rotatable bonds is 7. The van der Waals surface area contributed by atoms with Gasteiger partial charge in [-0.1, -0.05) is 91.0 Å². The maximum Gasteiger partial charge on any atom is 0.407 e. The van der Waals surface area contributed by atoms with Crippen LogP contribution < -0.4 is 5.32 Å². The Morgan fingerprint density at radius 3 is 1.98 bits per heavy atom. The topological polar surface area (TPSA) is 92.5 Å². The zero-order valence-corrected chi connectivity index (χ0v) is 22.2. The number of ether oxygens (including phenoxy) is 1. The number of piperidine rings is 1. The Kier molecular flexibility index (Phi) is 6.92. The van der Waals surface area contributed by atoms with Crippen molar-refractivity contribution in [2.75, 3.05) is 25.5 Å². The summed E-state index contributed by atoms with van der Waals surface area (Å²) in [5, 5.41) is 14.0. The maximum absolute atomic E-state index is 11.8. The zero-order valence-electron chi connectivity index (χ0n) is 22.2. The SMILES string of the molecule is CO[C@@H]1C[C@@H](Nc2ncnc3c2ccn3C(c2ccccc2)(c2ccccc2)c2ccccc2)CN(C(=O)O)C1. The molecule has 1 aliphatic heterocycles. The van der Waals surface area contributed by atoms with E-state index in [2.05, 4.69) is 93.9 Å². The summed E-state index contributed by atoms with van der Waals surface area (Å²) in [7, 11) is 1.62. The molecule has 2 aromatic heterocycles. The summed E-state index contributed by atoms with van der Waals surface area (Å²) >= 11 is 0. The number of carboxylic acid groups (broad SMARTS) is 1. The number of nitrogens with zero attached hydrogens (tertiary/aromatic N) is 4. The van der Waals surface area contributed by atoms with Gasteiger partial charge in [0.05, 0.1) is 18.0 Å². The van der Waals surface area contributed by atoms with Gasteiger partial charge in [-0.2, -0.15) is 0 Å². The van der Waals surface area contributed by atoms with Crippen LogP contribution in [-0.4, -0.2) is 63.0 Å². The monoisotopic (exact) mass is 533 g/mol. The van der Waals surface area contributed by atoms with Gasteiger partial charge in [0, 0.05) is 25.9 Å². The van der Waals surface area contributed by atoms with Crippen molar-refractivity contribution in [2.45, 2.75) is 24.1 Å². The minimum atomic E-state index is -0.953. The average Bonchev–Trinajstić information content (AvgIpc) is 3.44. The number of likely N-dealkylation sites (tertiary alicyclic amines) is 1. The second-order valence-corrected chi connectivity index (χ2v) is 10.1. The molecule has 0 bridgehead atoms. The molecule has 202 valence electrons. The van der Waals surface area contributed by atoms with Crippen molar-refractivity contribution >= 4 is 22.9 Å². The molecule has 40 heavy (non-hydrogen) atoms. The first kappa shape index (κ1) is 25.6. The molecule has 2 N–H and O–H groups in total. The molecule has 3 aromatic carbocycles. The van der Waals surface area contributed by atoms with E-state index in [1.54, 1.807) is 13.4 Å². The number of anilines is 1. The first-order valence-corrected chi connectivity index (χ1v) is 13.4. The van der Waals surface area contributed by atoms with Gasteiger partial charge in [-0.25, -0.2) is 14.8 Å². The molecule has 1 aliphatic rings. The van der Waals surface area contributed by atoms with Gasteiger partial charge < -0.3 is 24.6 Å². The molecule has 6 rings (SSSR count). The van der Waals surface area contributed by atoms with Crippen LogP contribution in [0.3, 0.4) is 0 Å². The van der Waals surface area contributed by atoms with Crippen LogP contribution in [0.15, 0.2) is 110 Å². The van der Waals surface area contributed by atoms with E-state index in [1.807, 2.05) is 24.3 Å². The third-order valence-corrected chi connectivity index (χ3v) is 7.77. The highest BCUT2D eigenvalue weighted by molar-refractivity contribution is 5.88. The van der Waals surface area contributed by atoms with Crippen LogP contribution in [0.2, 0.25) is 0 Å². The first-order valence-electron chi connectivity index (χ1n) is 13.4. The third-order valence-electron chi connectivity index (χ3n) is 7.77. The number of aromatic nitrogens is 3. The van der Waals surface area contributed by atoms with E-state index >= 15 is 0 Å². The van der Waals surface area contributed by atoms with E-state index < -0.39 is 11.6 Å². The Balaban J connectivity index is 1.52. The van der Waals surface area contributed by atoms with Crippen LogP contribution in [0.1, 0.15) is 23.1 Å². The van der Waals surface area contributed by atoms with Crippen molar-refractivity contribution in [3.63, 3.8) is 0 Å². The number of nitrogens with one attached hydrogen (secondary N) is 1. The second kappa shape index (κ2) is 10.8. The number of carbonyl (C=O) groups is 1. The molecule has 5 aromatic rings. The molecule has 1 saturated heterocycles. The van der Waals surface area contributed by atoms with Gasteiger partial charge >= 0.3 is 6.09 Å². The maximum atomic E-state index is 11.8. The molecule has 1 fully saturated rings. The number of fused-ring (bicyclic) bond motifs is 1. The molecule has 0 unspecified atom stereocenters. The fourth-order valence-corrected chi connectivity index (χ4v) is 5.97. The average molecular weight is 534 g/mol. The highest BCUT2D eigenvalue weighted by Gasteiger charge is 2.39. The summed E-state index contributed by atoms with van der Waals surface area (Å²) in [5.41, 5.74) is 3.37. The molecular formula is C32H31N5O3. The summed E-state index contributed by atoms with van der Waals surface area (Å²) < 4.78 is 7.76. The standard InChI is InChI=1S/C32H31N5O3/c1-40-27-19-26(20-36(21-27)31(38)39)35-29-28-17-18-37(30(28)34-22-33-29)32(23-11-5-2-6-12-23,24-13-7-3-8-14-24)25-15-9-4-10-16-25/h2-18,22,26-27H,19-21H2,1H3,(H,38,39)(H,33,34,35)/t26-,27-/m1/s1. The summed E-state index contributed by atoms with van der Waals surface area (Å²) in [4.78, 5) is 22.5. The largest absolute Gasteiger partial charge is 0.465 e. The van der Waals surface area contributed by atoms with Gasteiger partial charge in [0.25, 0.3) is 0 Å². The van der Waals surface area contributed by atoms with Gasteiger partial charge in [-0.3, -0.25) is 0 Å². The Labute approximate surface area is 232 Å². The highest BCUT2D eigenvalue weighted by Crippen LogP contribution is 2.43. The van der Waals surface area contributed by atoms with Crippen molar-refractivity contribution in [1.82, 2.24) is 19.4 Å². The molecule has 0 saturated carbocycles. The van der Waals surface area contributed by atoms with Crippen molar-refractivity contribution in [3.8, 4) is 0 Å². The molecule has 0 spiro atoms. The summed E-state index contributed by atoms with van der Waals surface area (Å²) in [5.74, 6) is 0.666. The minimum Gasteiger partial charge on any atom is -0.465 e. The van der Waals surface area contributed by atoms with Gasteiger partial charge in [-0.15, -0.1) is 0 Å². The van der Waals surface area contributed by atoms with Crippen LogP contribution in [-0.2, 0) is 10.3 Å². The first-order chi connectivity index (χ1) is 19.6. The lowest BCUT2D eigenvalue weighted by Crippen LogP contribution is -2.51. The minimum absolute atomic E-state index is 0.154. The van der Waals surface area contributed by atoms with E-state index in [9.17, 15) is 9.90 Å². The van der Waals surface area contributed by atoms with E-state index in [0.29, 0.717) is 25.3 Å². The van der Waals surface area contributed by atoms with Crippen LogP contribution in [0.25, 0.3) is 11.0 Å². The van der Waals surface area contributed by atoms with E-state index in [1.165, 1.54) is 4.90 Å². The Morgan fingerprint density at radius 2 is 1.45 bits per heavy atom. The van der Waals surface area contributed by atoms with Gasteiger partial charge in [0.1, 0.15) is 23.3 Å². The van der Waals surface area contributed by atoms with Gasteiger partial charge in [0.2, 0.25) is 0 Å². The molecule has 0 radical (unpaired) electrons. The second-order valence-electron chi connectivity index (χ2n) is 10.1. The van der Waals surface area contributed by atoms with Crippen LogP contribution in [0.5, 0.6) is 0 Å². The Bertz CT molecular complexity index is 1490. The third kappa shape index (κ3) is 4.46. The number of methoxy groups -OCH3 is 1. The van der Waals surface area contributed by atoms with Crippen LogP contribution >= 0.6 is 0 Å². The zero-order chi connectivity index (χ0) is 27.5. The van der Waals surface area contributed by atoms with Crippen molar-refractivity contribution in [3.05, 3.63) is 126 Å². The van der Waals surface area contributed by atoms with Gasteiger partial charge in [0.15, 0.2) is 0 Å². The number of hydrogen-bond acceptors (Lipinski definition) is 5. The normalized spacial score (nSPS) is 17.6. The molecular weight excluding hydrogens is 502 g/mol. The molecule has 8 nitrogen and oxygen atoms in total. The fraction of sp³-hybridized carbons (Fsp3) is 0.219. The molecule has 0 aliphatic carbocycles. The Hall–Kier alpha value is -4.69. The highest BCUT2D eigenvalue weighted by atomic mass is 16.5. The molecule has 1 amide bonds. The lowest BCUT2D eigenvalue weighted by Gasteiger charge is -2.38. The number of benzene rings is 3. The fourth-order valence-electron chi connectivity index (χ4n) is 5.97. The summed E-state index contributed by atoms with van der Waals surface area (Å²) in [6.07, 6.45) is 3.17. The van der Waals surface area contributed by atoms with Crippen molar-refractivity contribution in [2.24, 2.45) is 0 Å². The van der Waals surface area contributed by atoms with Crippen LogP contribution in [0, 0.1) is 0 Å². The predicted molar refractivity (Wildman–Crippen MR) is 155 cm³/mol. The molecule has 8 heteroatoms. The smallest absolute Gasteiger partial charge is 0.407 e. The molecule has 3 heterocycles. The predicted octanol–water partition coefficient (Wildman–Crippen LogP) is 5.45. The number of hydrogen-bond donors (Lipinski definition) is 2. The van der Waals surface area contributed by atoms with E-state index in [4.69, 9.17) is 9.72 Å². The lowest BCUT2D eigenvalue weighted by atomic mass is 9.76. The van der Waals surface area contributed by atoms with E-state index in [0.717, 1.165) is 27.7 Å². The quantitative estimate of drug-likeness (QED) is 0.270. The van der Waals surface area contributed by atoms with Crippen molar-refractivity contribution in [1.29, 1.82) is 0 Å². The lowest BCUT2D eigenvalue weighted by molar-refractivity contribution is 0.0287. The van der Waals surface area contributed by atoms with Crippen molar-refractivity contribution < 1.29 is 14.6 Å². The Morgan fingerprint density at radius 1 is 0.875 bits per heavy atom. The van der Waals surface area contributed by atoms with E-state index in [-0.39, 0.29) is 12.1 Å². The summed E-state index contributed by atoms with van der Waals surface area (Å²) in [6, 6.07) is 33.3. The van der Waals surface area contributed by atoms with Crippen LogP contribution in [0.4, 0.5) is 10.6 Å². The number of amides is 1.